The van der Waals surface area contributed by atoms with Gasteiger partial charge in [0.05, 0.1) is 10.0 Å². The molecule has 0 saturated carbocycles. The lowest BCUT2D eigenvalue weighted by Gasteiger charge is -2.23. The summed E-state index contributed by atoms with van der Waals surface area (Å²) < 4.78 is 28.7. The number of hydrogen-bond acceptors (Lipinski definition) is 3. The SMILES string of the molecule is FC(F)Oc1c(Cl)cc(NCC2CCCNC2)cc1Cl. The Balaban J connectivity index is 1.98. The predicted octanol–water partition coefficient (Wildman–Crippen LogP) is 4.01. The van der Waals surface area contributed by atoms with Crippen LogP contribution in [0.15, 0.2) is 12.1 Å². The van der Waals surface area contributed by atoms with Crippen LogP contribution in [-0.4, -0.2) is 26.2 Å². The molecule has 1 atom stereocenters. The standard InChI is InChI=1S/C13H16Cl2F2N2O/c14-10-4-9(5-11(15)12(10)20-13(16)17)19-7-8-2-1-3-18-6-8/h4-5,8,13,18-19H,1-3,6-7H2. The highest BCUT2D eigenvalue weighted by Crippen LogP contribution is 2.37. The molecule has 1 heterocycles. The molecule has 20 heavy (non-hydrogen) atoms. The topological polar surface area (TPSA) is 33.3 Å². The largest absolute Gasteiger partial charge is 0.432 e. The number of ether oxygens (including phenoxy) is 1. The van der Waals surface area contributed by atoms with Crippen LogP contribution in [0.5, 0.6) is 5.75 Å². The zero-order valence-corrected chi connectivity index (χ0v) is 12.3. The van der Waals surface area contributed by atoms with E-state index < -0.39 is 6.61 Å². The molecule has 7 heteroatoms. The number of halogens is 4. The van der Waals surface area contributed by atoms with Crippen molar-refractivity contribution >= 4 is 28.9 Å². The molecule has 0 aromatic heterocycles. The van der Waals surface area contributed by atoms with E-state index in [2.05, 4.69) is 15.4 Å². The van der Waals surface area contributed by atoms with E-state index in [-0.39, 0.29) is 15.8 Å². The number of hydrogen-bond donors (Lipinski definition) is 2. The smallest absolute Gasteiger partial charge is 0.387 e. The molecular formula is C13H16Cl2F2N2O. The Hall–Kier alpha value is -0.780. The first-order valence-corrected chi connectivity index (χ1v) is 7.20. The Morgan fingerprint density at radius 2 is 2.05 bits per heavy atom. The van der Waals surface area contributed by atoms with Gasteiger partial charge in [0.15, 0.2) is 5.75 Å². The molecule has 0 spiro atoms. The van der Waals surface area contributed by atoms with E-state index in [0.717, 1.165) is 32.5 Å². The molecular weight excluding hydrogens is 309 g/mol. The van der Waals surface area contributed by atoms with E-state index in [1.165, 1.54) is 0 Å². The van der Waals surface area contributed by atoms with Crippen molar-refractivity contribution in [2.45, 2.75) is 19.5 Å². The summed E-state index contributed by atoms with van der Waals surface area (Å²) in [6.07, 6.45) is 2.32. The van der Waals surface area contributed by atoms with Gasteiger partial charge in [0.1, 0.15) is 0 Å². The van der Waals surface area contributed by atoms with Gasteiger partial charge in [-0.1, -0.05) is 23.2 Å². The van der Waals surface area contributed by atoms with Crippen molar-refractivity contribution in [3.63, 3.8) is 0 Å². The first-order valence-electron chi connectivity index (χ1n) is 6.44. The maximum Gasteiger partial charge on any atom is 0.387 e. The molecule has 2 rings (SSSR count). The normalized spacial score (nSPS) is 19.1. The molecule has 1 aliphatic rings. The van der Waals surface area contributed by atoms with E-state index in [1.54, 1.807) is 12.1 Å². The van der Waals surface area contributed by atoms with Crippen LogP contribution in [0.25, 0.3) is 0 Å². The van der Waals surface area contributed by atoms with Gasteiger partial charge in [-0.3, -0.25) is 0 Å². The van der Waals surface area contributed by atoms with Gasteiger partial charge in [0, 0.05) is 12.2 Å². The van der Waals surface area contributed by atoms with Crippen LogP contribution in [0.2, 0.25) is 10.0 Å². The summed E-state index contributed by atoms with van der Waals surface area (Å²) in [5, 5.41) is 6.70. The lowest BCUT2D eigenvalue weighted by Crippen LogP contribution is -2.33. The molecule has 112 valence electrons. The summed E-state index contributed by atoms with van der Waals surface area (Å²) in [7, 11) is 0. The third kappa shape index (κ3) is 4.36. The monoisotopic (exact) mass is 324 g/mol. The second-order valence-corrected chi connectivity index (χ2v) is 5.56. The number of piperidine rings is 1. The summed E-state index contributed by atoms with van der Waals surface area (Å²) in [5.41, 5.74) is 0.701. The van der Waals surface area contributed by atoms with Gasteiger partial charge in [0.25, 0.3) is 0 Å². The highest BCUT2D eigenvalue weighted by atomic mass is 35.5. The fourth-order valence-electron chi connectivity index (χ4n) is 2.22. The fourth-order valence-corrected chi connectivity index (χ4v) is 2.80. The molecule has 3 nitrogen and oxygen atoms in total. The fraction of sp³-hybridized carbons (Fsp3) is 0.538. The molecule has 0 bridgehead atoms. The van der Waals surface area contributed by atoms with Crippen molar-refractivity contribution < 1.29 is 13.5 Å². The van der Waals surface area contributed by atoms with Crippen LogP contribution >= 0.6 is 23.2 Å². The van der Waals surface area contributed by atoms with E-state index in [9.17, 15) is 8.78 Å². The Bertz CT molecular complexity index is 431. The number of nitrogens with one attached hydrogen (secondary N) is 2. The van der Waals surface area contributed by atoms with Crippen molar-refractivity contribution in [1.82, 2.24) is 5.32 Å². The van der Waals surface area contributed by atoms with E-state index in [1.807, 2.05) is 0 Å². The van der Waals surface area contributed by atoms with Crippen LogP contribution < -0.4 is 15.4 Å². The van der Waals surface area contributed by atoms with Gasteiger partial charge < -0.3 is 15.4 Å². The molecule has 1 saturated heterocycles. The van der Waals surface area contributed by atoms with Crippen molar-refractivity contribution in [2.24, 2.45) is 5.92 Å². The van der Waals surface area contributed by atoms with Crippen LogP contribution in [0.4, 0.5) is 14.5 Å². The van der Waals surface area contributed by atoms with Crippen LogP contribution in [-0.2, 0) is 0 Å². The van der Waals surface area contributed by atoms with Gasteiger partial charge in [-0.2, -0.15) is 8.78 Å². The first-order chi connectivity index (χ1) is 9.56. The Morgan fingerprint density at radius 1 is 1.35 bits per heavy atom. The predicted molar refractivity (Wildman–Crippen MR) is 77.2 cm³/mol. The minimum absolute atomic E-state index is 0.0714. The van der Waals surface area contributed by atoms with Crippen molar-refractivity contribution in [3.8, 4) is 5.75 Å². The summed E-state index contributed by atoms with van der Waals surface area (Å²) in [6, 6.07) is 3.09. The Kier molecular flexibility index (Phi) is 5.69. The molecule has 1 aliphatic heterocycles. The van der Waals surface area contributed by atoms with Gasteiger partial charge >= 0.3 is 6.61 Å². The summed E-state index contributed by atoms with van der Waals surface area (Å²) in [5.74, 6) is 0.353. The number of alkyl halides is 2. The minimum Gasteiger partial charge on any atom is -0.432 e. The average Bonchev–Trinajstić information content (AvgIpc) is 2.41. The summed E-state index contributed by atoms with van der Waals surface area (Å²) in [4.78, 5) is 0. The lowest BCUT2D eigenvalue weighted by atomic mass is 10.00. The molecule has 0 radical (unpaired) electrons. The van der Waals surface area contributed by atoms with Gasteiger partial charge in [-0.05, 0) is 44.0 Å². The average molecular weight is 325 g/mol. The van der Waals surface area contributed by atoms with Crippen molar-refractivity contribution in [3.05, 3.63) is 22.2 Å². The summed E-state index contributed by atoms with van der Waals surface area (Å²) in [6.45, 7) is -0.124. The zero-order chi connectivity index (χ0) is 14.5. The number of anilines is 1. The first kappa shape index (κ1) is 15.6. The van der Waals surface area contributed by atoms with Crippen LogP contribution in [0.3, 0.4) is 0 Å². The minimum atomic E-state index is -2.95. The quantitative estimate of drug-likeness (QED) is 0.858. The van der Waals surface area contributed by atoms with E-state index in [4.69, 9.17) is 23.2 Å². The molecule has 0 aliphatic carbocycles. The maximum atomic E-state index is 12.2. The second kappa shape index (κ2) is 7.29. The highest BCUT2D eigenvalue weighted by molar-refractivity contribution is 6.37. The van der Waals surface area contributed by atoms with Gasteiger partial charge in [0.2, 0.25) is 0 Å². The molecule has 2 N–H and O–H groups in total. The Morgan fingerprint density at radius 3 is 2.60 bits per heavy atom. The molecule has 1 aromatic carbocycles. The molecule has 1 unspecified atom stereocenters. The van der Waals surface area contributed by atoms with Crippen LogP contribution in [0, 0.1) is 5.92 Å². The van der Waals surface area contributed by atoms with E-state index >= 15 is 0 Å². The maximum absolute atomic E-state index is 12.2. The highest BCUT2D eigenvalue weighted by Gasteiger charge is 2.16. The van der Waals surface area contributed by atoms with Gasteiger partial charge in [-0.25, -0.2) is 0 Å². The van der Waals surface area contributed by atoms with E-state index in [0.29, 0.717) is 11.6 Å². The second-order valence-electron chi connectivity index (χ2n) is 4.74. The molecule has 1 fully saturated rings. The third-order valence-electron chi connectivity index (χ3n) is 3.20. The van der Waals surface area contributed by atoms with Crippen molar-refractivity contribution in [2.75, 3.05) is 25.0 Å². The van der Waals surface area contributed by atoms with Crippen LogP contribution in [0.1, 0.15) is 12.8 Å². The number of rotatable bonds is 5. The molecule has 1 aromatic rings. The zero-order valence-electron chi connectivity index (χ0n) is 10.8. The number of benzene rings is 1. The Labute approximate surface area is 126 Å². The van der Waals surface area contributed by atoms with Crippen molar-refractivity contribution in [1.29, 1.82) is 0 Å². The molecule has 0 amide bonds. The summed E-state index contributed by atoms with van der Waals surface area (Å²) >= 11 is 11.8. The lowest BCUT2D eigenvalue weighted by molar-refractivity contribution is -0.0497. The van der Waals surface area contributed by atoms with Gasteiger partial charge in [-0.15, -0.1) is 0 Å². The third-order valence-corrected chi connectivity index (χ3v) is 3.76.